The van der Waals surface area contributed by atoms with Crippen LogP contribution < -0.4 is 0 Å². The average molecular weight is 537 g/mol. The first kappa shape index (κ1) is 27.8. The van der Waals surface area contributed by atoms with E-state index in [1.54, 1.807) is 9.80 Å². The zero-order chi connectivity index (χ0) is 28.2. The third-order valence-electron chi connectivity index (χ3n) is 7.58. The van der Waals surface area contributed by atoms with Crippen LogP contribution in [0.5, 0.6) is 0 Å². The van der Waals surface area contributed by atoms with E-state index in [1.807, 2.05) is 52.0 Å². The molecule has 8 heteroatoms. The molecule has 0 saturated heterocycles. The van der Waals surface area contributed by atoms with Crippen LogP contribution >= 0.6 is 0 Å². The van der Waals surface area contributed by atoms with Gasteiger partial charge >= 0.3 is 0 Å². The summed E-state index contributed by atoms with van der Waals surface area (Å²) in [6, 6.07) is 13.4. The molecule has 2 atom stereocenters. The topological polar surface area (TPSA) is 95.0 Å². The van der Waals surface area contributed by atoms with Crippen molar-refractivity contribution in [1.29, 1.82) is 0 Å². The van der Waals surface area contributed by atoms with Crippen molar-refractivity contribution in [1.82, 2.24) is 9.80 Å². The number of rotatable bonds is 7. The molecule has 1 N–H and O–H groups in total. The van der Waals surface area contributed by atoms with Gasteiger partial charge in [0, 0.05) is 12.1 Å². The van der Waals surface area contributed by atoms with E-state index >= 15 is 0 Å². The molecule has 202 valence electrons. The molecular weight excluding hydrogens is 500 g/mol. The van der Waals surface area contributed by atoms with E-state index in [-0.39, 0.29) is 34.2 Å². The maximum absolute atomic E-state index is 14.1. The number of hydrogen-bond donors (Lipinski definition) is 1. The Bertz CT molecular complexity index is 1450. The van der Waals surface area contributed by atoms with Gasteiger partial charge in [0.1, 0.15) is 0 Å². The molecule has 2 amide bonds. The molecule has 0 radical (unpaired) electrons. The van der Waals surface area contributed by atoms with Crippen LogP contribution in [0.2, 0.25) is 0 Å². The van der Waals surface area contributed by atoms with E-state index in [4.69, 9.17) is 0 Å². The molecule has 2 aromatic carbocycles. The van der Waals surface area contributed by atoms with Gasteiger partial charge in [-0.15, -0.1) is 0 Å². The summed E-state index contributed by atoms with van der Waals surface area (Å²) in [5.74, 6) is -0.477. The van der Waals surface area contributed by atoms with E-state index in [1.165, 1.54) is 24.3 Å². The third-order valence-corrected chi connectivity index (χ3v) is 8.45. The van der Waals surface area contributed by atoms with Crippen molar-refractivity contribution < 1.29 is 22.6 Å². The minimum Gasteiger partial charge on any atom is -0.304 e. The summed E-state index contributed by atoms with van der Waals surface area (Å²) in [6.07, 6.45) is 1.37. The lowest BCUT2D eigenvalue weighted by Crippen LogP contribution is -2.37. The van der Waals surface area contributed by atoms with Gasteiger partial charge in [0.05, 0.1) is 27.4 Å². The maximum Gasteiger partial charge on any atom is 0.294 e. The fraction of sp³-hybridized carbons (Fsp3) is 0.400. The summed E-state index contributed by atoms with van der Waals surface area (Å²) in [7, 11) is -4.38. The molecule has 0 aliphatic carbocycles. The molecule has 4 rings (SSSR count). The smallest absolute Gasteiger partial charge is 0.294 e. The highest BCUT2D eigenvalue weighted by molar-refractivity contribution is 7.85. The van der Waals surface area contributed by atoms with Crippen molar-refractivity contribution in [2.24, 2.45) is 0 Å². The summed E-state index contributed by atoms with van der Waals surface area (Å²) >= 11 is 0. The van der Waals surface area contributed by atoms with Gasteiger partial charge in [-0.05, 0) is 60.9 Å². The summed E-state index contributed by atoms with van der Waals surface area (Å²) in [5.41, 5.74) is 4.26. The van der Waals surface area contributed by atoms with Gasteiger partial charge in [-0.3, -0.25) is 14.1 Å². The molecule has 0 aromatic heterocycles. The Morgan fingerprint density at radius 2 is 1.11 bits per heavy atom. The monoisotopic (exact) mass is 536 g/mol. The normalized spacial score (nSPS) is 18.0. The predicted molar refractivity (Wildman–Crippen MR) is 148 cm³/mol. The van der Waals surface area contributed by atoms with Crippen molar-refractivity contribution in [3.05, 3.63) is 76.4 Å². The first-order chi connectivity index (χ1) is 17.7. The van der Waals surface area contributed by atoms with Gasteiger partial charge < -0.3 is 9.80 Å². The molecule has 7 nitrogen and oxygen atoms in total. The van der Waals surface area contributed by atoms with Crippen LogP contribution in [0.3, 0.4) is 0 Å². The molecule has 0 bridgehead atoms. The maximum atomic E-state index is 14.1. The van der Waals surface area contributed by atoms with Crippen molar-refractivity contribution in [3.8, 4) is 0 Å². The Labute approximate surface area is 225 Å². The third kappa shape index (κ3) is 4.60. The van der Waals surface area contributed by atoms with Crippen LogP contribution in [0.1, 0.15) is 78.0 Å². The van der Waals surface area contributed by atoms with Crippen molar-refractivity contribution in [3.63, 3.8) is 0 Å². The van der Waals surface area contributed by atoms with Crippen molar-refractivity contribution >= 4 is 33.3 Å². The number of benzene rings is 2. The fourth-order valence-electron chi connectivity index (χ4n) is 5.02. The zero-order valence-electron chi connectivity index (χ0n) is 23.1. The number of carbonyl (C=O) groups is 2. The minimum atomic E-state index is -4.38. The number of fused-ring (bicyclic) bond motifs is 1. The van der Waals surface area contributed by atoms with Crippen LogP contribution in [0.15, 0.2) is 64.6 Å². The molecule has 38 heavy (non-hydrogen) atoms. The molecule has 2 heterocycles. The number of nitrogens with zero attached hydrogens (tertiary/aromatic N) is 2. The number of amides is 2. The Balaban J connectivity index is 2.01. The Hall–Kier alpha value is -3.23. The second kappa shape index (κ2) is 9.82. The lowest BCUT2D eigenvalue weighted by Gasteiger charge is -2.31. The van der Waals surface area contributed by atoms with Crippen LogP contribution in [-0.2, 0) is 25.1 Å². The number of carbonyl (C=O) groups excluding carboxylic acids is 2. The first-order valence-corrected chi connectivity index (χ1v) is 14.5. The standard InChI is InChI=1S/C30H36N2O5S/c1-8-18(3)31-26(20-10-14-22(15-11-20)30(5,6)7)24-25(29(31)34)27(32(28(24)33)19(4)9-2)21-12-16-23(17-13-21)38(35,36)37/h10-19H,8-9H2,1-7H3,(H,35,36,37). The van der Waals surface area contributed by atoms with Crippen molar-refractivity contribution in [2.45, 2.75) is 83.7 Å². The lowest BCUT2D eigenvalue weighted by molar-refractivity contribution is -0.125. The van der Waals surface area contributed by atoms with Crippen LogP contribution in [-0.4, -0.2) is 46.7 Å². The molecule has 2 aliphatic heterocycles. The summed E-state index contributed by atoms with van der Waals surface area (Å²) in [6.45, 7) is 14.3. The van der Waals surface area contributed by atoms with Crippen molar-refractivity contribution in [2.75, 3.05) is 0 Å². The van der Waals surface area contributed by atoms with E-state index in [2.05, 4.69) is 20.8 Å². The highest BCUT2D eigenvalue weighted by atomic mass is 32.2. The van der Waals surface area contributed by atoms with Gasteiger partial charge in [0.25, 0.3) is 21.9 Å². The fourth-order valence-corrected chi connectivity index (χ4v) is 5.50. The average Bonchev–Trinajstić information content (AvgIpc) is 3.34. The lowest BCUT2D eigenvalue weighted by atomic mass is 9.86. The van der Waals surface area contributed by atoms with Gasteiger partial charge in [0.2, 0.25) is 0 Å². The molecule has 2 aromatic rings. The quantitative estimate of drug-likeness (QED) is 0.463. The second-order valence-electron chi connectivity index (χ2n) is 11.1. The highest BCUT2D eigenvalue weighted by Gasteiger charge is 2.50. The van der Waals surface area contributed by atoms with Gasteiger partial charge in [-0.1, -0.05) is 71.0 Å². The van der Waals surface area contributed by atoms with Crippen LogP contribution in [0.25, 0.3) is 11.4 Å². The Morgan fingerprint density at radius 1 is 0.737 bits per heavy atom. The Morgan fingerprint density at radius 3 is 1.42 bits per heavy atom. The Kier molecular flexibility index (Phi) is 7.18. The largest absolute Gasteiger partial charge is 0.304 e. The molecule has 0 fully saturated rings. The van der Waals surface area contributed by atoms with E-state index < -0.39 is 10.1 Å². The molecule has 2 unspecified atom stereocenters. The SMILES string of the molecule is CCC(C)N1C(=O)C2=C(c3ccc(S(=O)(=O)O)cc3)N(C(C)CC)C(=O)C2=C1c1ccc(C(C)(C)C)cc1. The molecular formula is C30H36N2O5S. The first-order valence-electron chi connectivity index (χ1n) is 13.1. The van der Waals surface area contributed by atoms with E-state index in [9.17, 15) is 22.6 Å². The van der Waals surface area contributed by atoms with Gasteiger partial charge in [0.15, 0.2) is 0 Å². The second-order valence-corrected chi connectivity index (χ2v) is 12.6. The van der Waals surface area contributed by atoms with E-state index in [0.717, 1.165) is 11.1 Å². The predicted octanol–water partition coefficient (Wildman–Crippen LogP) is 5.63. The van der Waals surface area contributed by atoms with Gasteiger partial charge in [-0.25, -0.2) is 0 Å². The number of hydrogen-bond acceptors (Lipinski definition) is 4. The summed E-state index contributed by atoms with van der Waals surface area (Å²) in [4.78, 5) is 31.4. The van der Waals surface area contributed by atoms with E-state index in [0.29, 0.717) is 40.9 Å². The highest BCUT2D eigenvalue weighted by Crippen LogP contribution is 2.48. The van der Waals surface area contributed by atoms with Crippen LogP contribution in [0, 0.1) is 0 Å². The molecule has 2 aliphatic rings. The van der Waals surface area contributed by atoms with Gasteiger partial charge in [-0.2, -0.15) is 8.42 Å². The molecule has 0 saturated carbocycles. The summed E-state index contributed by atoms with van der Waals surface area (Å²) < 4.78 is 32.7. The summed E-state index contributed by atoms with van der Waals surface area (Å²) in [5, 5.41) is 0. The molecule has 0 spiro atoms. The van der Waals surface area contributed by atoms with Crippen LogP contribution in [0.4, 0.5) is 0 Å². The minimum absolute atomic E-state index is 0.0405. The zero-order valence-corrected chi connectivity index (χ0v) is 23.9.